The Morgan fingerprint density at radius 2 is 2.04 bits per heavy atom. The van der Waals surface area contributed by atoms with Crippen LogP contribution in [0.3, 0.4) is 0 Å². The molecular formula is C19H22FN3O2. The first-order chi connectivity index (χ1) is 12.3. The summed E-state index contributed by atoms with van der Waals surface area (Å²) in [5.41, 5.74) is 1.46. The Balaban J connectivity index is 1.65. The average Bonchev–Trinajstić information content (AvgIpc) is 2.65. The van der Waals surface area contributed by atoms with E-state index in [0.717, 1.165) is 5.56 Å². The van der Waals surface area contributed by atoms with Crippen molar-refractivity contribution in [3.63, 3.8) is 0 Å². The number of morpholine rings is 1. The molecule has 1 saturated heterocycles. The standard InChI is InChI=1S/C19H22FN3O2/c20-17-6-2-1-4-15(17)7-9-22-19(24)18(16-5-3-8-21-14-16)23-10-12-25-13-11-23/h1-6,8,14,18H,7,9-13H2,(H,22,24). The summed E-state index contributed by atoms with van der Waals surface area (Å²) in [5, 5.41) is 2.94. The van der Waals surface area contributed by atoms with E-state index in [2.05, 4.69) is 15.2 Å². The molecular weight excluding hydrogens is 321 g/mol. The van der Waals surface area contributed by atoms with E-state index in [1.165, 1.54) is 6.07 Å². The molecule has 1 N–H and O–H groups in total. The van der Waals surface area contributed by atoms with Gasteiger partial charge < -0.3 is 10.1 Å². The lowest BCUT2D eigenvalue weighted by Crippen LogP contribution is -2.46. The van der Waals surface area contributed by atoms with Gasteiger partial charge in [0, 0.05) is 32.0 Å². The fraction of sp³-hybridized carbons (Fsp3) is 0.368. The molecule has 25 heavy (non-hydrogen) atoms. The Hall–Kier alpha value is -2.31. The minimum absolute atomic E-state index is 0.0914. The van der Waals surface area contributed by atoms with E-state index in [1.54, 1.807) is 30.6 Å². The average molecular weight is 343 g/mol. The van der Waals surface area contributed by atoms with Gasteiger partial charge in [0.1, 0.15) is 11.9 Å². The molecule has 0 spiro atoms. The van der Waals surface area contributed by atoms with Crippen molar-refractivity contribution in [3.8, 4) is 0 Å². The lowest BCUT2D eigenvalue weighted by Gasteiger charge is -2.33. The summed E-state index contributed by atoms with van der Waals surface area (Å²) in [6.07, 6.45) is 3.87. The van der Waals surface area contributed by atoms with Crippen LogP contribution in [-0.2, 0) is 16.0 Å². The lowest BCUT2D eigenvalue weighted by molar-refractivity contribution is -0.128. The minimum Gasteiger partial charge on any atom is -0.379 e. The van der Waals surface area contributed by atoms with Crippen molar-refractivity contribution in [1.82, 2.24) is 15.2 Å². The summed E-state index contributed by atoms with van der Waals surface area (Å²) in [6.45, 7) is 3.00. The van der Waals surface area contributed by atoms with E-state index >= 15 is 0 Å². The third-order valence-corrected chi connectivity index (χ3v) is 4.31. The maximum Gasteiger partial charge on any atom is 0.242 e. The number of nitrogens with one attached hydrogen (secondary N) is 1. The van der Waals surface area contributed by atoms with Gasteiger partial charge in [0.25, 0.3) is 0 Å². The predicted octanol–water partition coefficient (Wildman–Crippen LogP) is 1.95. The first-order valence-corrected chi connectivity index (χ1v) is 8.48. The molecule has 1 aromatic heterocycles. The molecule has 0 radical (unpaired) electrons. The Labute approximate surface area is 146 Å². The molecule has 1 atom stereocenters. The number of ether oxygens (including phenoxy) is 1. The second-order valence-electron chi connectivity index (χ2n) is 5.97. The van der Waals surface area contributed by atoms with Crippen LogP contribution in [0.1, 0.15) is 17.2 Å². The maximum atomic E-state index is 13.7. The second kappa shape index (κ2) is 8.69. The van der Waals surface area contributed by atoms with Gasteiger partial charge in [0.2, 0.25) is 5.91 Å². The van der Waals surface area contributed by atoms with Gasteiger partial charge in [-0.15, -0.1) is 0 Å². The third kappa shape index (κ3) is 4.61. The van der Waals surface area contributed by atoms with E-state index in [-0.39, 0.29) is 11.7 Å². The largest absolute Gasteiger partial charge is 0.379 e. The molecule has 2 aromatic rings. The topological polar surface area (TPSA) is 54.5 Å². The number of halogens is 1. The van der Waals surface area contributed by atoms with Crippen molar-refractivity contribution in [2.75, 3.05) is 32.8 Å². The Kier molecular flexibility index (Phi) is 6.09. The highest BCUT2D eigenvalue weighted by atomic mass is 19.1. The Morgan fingerprint density at radius 3 is 2.76 bits per heavy atom. The van der Waals surface area contributed by atoms with Gasteiger partial charge in [-0.2, -0.15) is 0 Å². The van der Waals surface area contributed by atoms with Gasteiger partial charge in [-0.05, 0) is 29.7 Å². The van der Waals surface area contributed by atoms with Crippen molar-refractivity contribution in [2.45, 2.75) is 12.5 Å². The first kappa shape index (κ1) is 17.5. The summed E-state index contributed by atoms with van der Waals surface area (Å²) in [7, 11) is 0. The Bertz CT molecular complexity index is 690. The maximum absolute atomic E-state index is 13.7. The predicted molar refractivity (Wildman–Crippen MR) is 92.5 cm³/mol. The number of hydrogen-bond acceptors (Lipinski definition) is 4. The summed E-state index contributed by atoms with van der Waals surface area (Å²) < 4.78 is 19.1. The molecule has 1 unspecified atom stereocenters. The van der Waals surface area contributed by atoms with Crippen LogP contribution in [0.5, 0.6) is 0 Å². The lowest BCUT2D eigenvalue weighted by atomic mass is 10.1. The molecule has 3 rings (SSSR count). The number of benzene rings is 1. The number of pyridine rings is 1. The van der Waals surface area contributed by atoms with E-state index in [9.17, 15) is 9.18 Å². The summed E-state index contributed by atoms with van der Waals surface area (Å²) >= 11 is 0. The molecule has 2 heterocycles. The second-order valence-corrected chi connectivity index (χ2v) is 5.97. The zero-order chi connectivity index (χ0) is 17.5. The van der Waals surface area contributed by atoms with Gasteiger partial charge in [-0.1, -0.05) is 24.3 Å². The van der Waals surface area contributed by atoms with E-state index in [0.29, 0.717) is 44.8 Å². The number of aromatic nitrogens is 1. The smallest absolute Gasteiger partial charge is 0.242 e. The monoisotopic (exact) mass is 343 g/mol. The van der Waals surface area contributed by atoms with Crippen LogP contribution in [0, 0.1) is 5.82 Å². The number of carbonyl (C=O) groups excluding carboxylic acids is 1. The molecule has 0 saturated carbocycles. The van der Waals surface area contributed by atoms with Gasteiger partial charge in [-0.25, -0.2) is 4.39 Å². The van der Waals surface area contributed by atoms with Crippen molar-refractivity contribution in [2.24, 2.45) is 0 Å². The molecule has 132 valence electrons. The fourth-order valence-electron chi connectivity index (χ4n) is 3.02. The van der Waals surface area contributed by atoms with Crippen LogP contribution in [0.4, 0.5) is 4.39 Å². The normalized spacial score (nSPS) is 16.4. The van der Waals surface area contributed by atoms with Gasteiger partial charge in [0.15, 0.2) is 0 Å². The number of nitrogens with zero attached hydrogens (tertiary/aromatic N) is 2. The van der Waals surface area contributed by atoms with Crippen molar-refractivity contribution in [1.29, 1.82) is 0 Å². The summed E-state index contributed by atoms with van der Waals surface area (Å²) in [6, 6.07) is 9.96. The highest BCUT2D eigenvalue weighted by Crippen LogP contribution is 2.21. The third-order valence-electron chi connectivity index (χ3n) is 4.31. The number of rotatable bonds is 6. The van der Waals surface area contributed by atoms with Gasteiger partial charge >= 0.3 is 0 Å². The van der Waals surface area contributed by atoms with Crippen molar-refractivity contribution < 1.29 is 13.9 Å². The van der Waals surface area contributed by atoms with E-state index in [4.69, 9.17) is 4.74 Å². The molecule has 5 nitrogen and oxygen atoms in total. The number of amides is 1. The molecule has 1 amide bonds. The zero-order valence-corrected chi connectivity index (χ0v) is 14.0. The van der Waals surface area contributed by atoms with Crippen LogP contribution in [0.25, 0.3) is 0 Å². The van der Waals surface area contributed by atoms with Crippen LogP contribution in [0.2, 0.25) is 0 Å². The van der Waals surface area contributed by atoms with E-state index < -0.39 is 6.04 Å². The fourth-order valence-corrected chi connectivity index (χ4v) is 3.02. The minimum atomic E-state index is -0.404. The SMILES string of the molecule is O=C(NCCc1ccccc1F)C(c1cccnc1)N1CCOCC1. The molecule has 1 aliphatic heterocycles. The van der Waals surface area contributed by atoms with Gasteiger partial charge in [0.05, 0.1) is 13.2 Å². The molecule has 6 heteroatoms. The summed E-state index contributed by atoms with van der Waals surface area (Å²) in [5.74, 6) is -0.333. The number of hydrogen-bond donors (Lipinski definition) is 1. The van der Waals surface area contributed by atoms with Crippen LogP contribution in [-0.4, -0.2) is 48.6 Å². The molecule has 1 fully saturated rings. The van der Waals surface area contributed by atoms with Crippen LogP contribution < -0.4 is 5.32 Å². The molecule has 1 aromatic carbocycles. The number of carbonyl (C=O) groups is 1. The molecule has 0 bridgehead atoms. The zero-order valence-electron chi connectivity index (χ0n) is 14.0. The van der Waals surface area contributed by atoms with Gasteiger partial charge in [-0.3, -0.25) is 14.7 Å². The van der Waals surface area contributed by atoms with Crippen LogP contribution in [0.15, 0.2) is 48.8 Å². The molecule has 0 aliphatic carbocycles. The first-order valence-electron chi connectivity index (χ1n) is 8.48. The quantitative estimate of drug-likeness (QED) is 0.871. The molecule has 1 aliphatic rings. The van der Waals surface area contributed by atoms with E-state index in [1.807, 2.05) is 12.1 Å². The highest BCUT2D eigenvalue weighted by molar-refractivity contribution is 5.83. The van der Waals surface area contributed by atoms with Crippen molar-refractivity contribution in [3.05, 3.63) is 65.7 Å². The Morgan fingerprint density at radius 1 is 1.24 bits per heavy atom. The highest BCUT2D eigenvalue weighted by Gasteiger charge is 2.28. The summed E-state index contributed by atoms with van der Waals surface area (Å²) in [4.78, 5) is 19.0. The van der Waals surface area contributed by atoms with Crippen molar-refractivity contribution >= 4 is 5.91 Å². The van der Waals surface area contributed by atoms with Crippen LogP contribution >= 0.6 is 0 Å².